The minimum atomic E-state index is 0.0851. The summed E-state index contributed by atoms with van der Waals surface area (Å²) in [5.41, 5.74) is 7.33. The first-order valence-corrected chi connectivity index (χ1v) is 7.36. The highest BCUT2D eigenvalue weighted by Gasteiger charge is 2.18. The number of nitrogen functional groups attached to an aromatic ring is 1. The fraction of sp³-hybridized carbons (Fsp3) is 0.562. The molecule has 1 aliphatic rings. The first kappa shape index (κ1) is 14.9. The third kappa shape index (κ3) is 3.73. The van der Waals surface area contributed by atoms with Crippen molar-refractivity contribution in [3.8, 4) is 5.75 Å². The molecule has 3 N–H and O–H groups in total. The van der Waals surface area contributed by atoms with Crippen molar-refractivity contribution in [2.75, 3.05) is 20.2 Å². The van der Waals surface area contributed by atoms with Crippen molar-refractivity contribution in [3.63, 3.8) is 0 Å². The van der Waals surface area contributed by atoms with Crippen molar-refractivity contribution < 1.29 is 4.74 Å². The van der Waals surface area contributed by atoms with Crippen molar-refractivity contribution in [2.45, 2.75) is 38.6 Å². The van der Waals surface area contributed by atoms with Crippen LogP contribution in [-0.2, 0) is 0 Å². The fourth-order valence-electron chi connectivity index (χ4n) is 2.74. The predicted octanol–water partition coefficient (Wildman–Crippen LogP) is 2.53. The molecule has 1 aromatic rings. The van der Waals surface area contributed by atoms with E-state index in [1.807, 2.05) is 25.1 Å². The number of likely N-dealkylation sites (tertiary alicyclic amines) is 1. The van der Waals surface area contributed by atoms with E-state index in [1.165, 1.54) is 25.8 Å². The minimum Gasteiger partial charge on any atom is -0.493 e. The van der Waals surface area contributed by atoms with E-state index in [9.17, 15) is 0 Å². The number of nitrogens with two attached hydrogens (primary N) is 1. The number of rotatable bonds is 5. The molecule has 110 valence electrons. The van der Waals surface area contributed by atoms with Gasteiger partial charge in [0, 0.05) is 11.6 Å². The van der Waals surface area contributed by atoms with Crippen LogP contribution in [0, 0.1) is 12.3 Å². The lowest BCUT2D eigenvalue weighted by atomic mass is 10.0. The van der Waals surface area contributed by atoms with Crippen molar-refractivity contribution in [1.29, 1.82) is 5.41 Å². The Balaban J connectivity index is 1.90. The van der Waals surface area contributed by atoms with E-state index in [2.05, 4.69) is 11.9 Å². The monoisotopic (exact) mass is 275 g/mol. The number of hydrogen-bond donors (Lipinski definition) is 2. The lowest BCUT2D eigenvalue weighted by Gasteiger charge is -2.32. The van der Waals surface area contributed by atoms with Crippen LogP contribution < -0.4 is 10.5 Å². The number of nitrogens with zero attached hydrogens (tertiary/aromatic N) is 1. The maximum atomic E-state index is 7.48. The molecule has 0 radical (unpaired) electrons. The lowest BCUT2D eigenvalue weighted by molar-refractivity contribution is 0.153. The Labute approximate surface area is 121 Å². The molecule has 0 aliphatic carbocycles. The second-order valence-electron chi connectivity index (χ2n) is 5.66. The first-order chi connectivity index (χ1) is 9.58. The number of hydrogen-bond acceptors (Lipinski definition) is 3. The van der Waals surface area contributed by atoms with Gasteiger partial charge >= 0.3 is 0 Å². The van der Waals surface area contributed by atoms with Crippen molar-refractivity contribution in [1.82, 2.24) is 4.90 Å². The molecule has 20 heavy (non-hydrogen) atoms. The molecule has 0 aromatic heterocycles. The van der Waals surface area contributed by atoms with Crippen LogP contribution in [0.3, 0.4) is 0 Å². The molecule has 4 nitrogen and oxygen atoms in total. The molecule has 1 heterocycles. The summed E-state index contributed by atoms with van der Waals surface area (Å²) in [5.74, 6) is 0.929. The van der Waals surface area contributed by atoms with Gasteiger partial charge in [0.05, 0.1) is 6.61 Å². The summed E-state index contributed by atoms with van der Waals surface area (Å²) in [5, 5.41) is 7.48. The van der Waals surface area contributed by atoms with Gasteiger partial charge in [-0.2, -0.15) is 0 Å². The normalized spacial score (nSPS) is 19.8. The quantitative estimate of drug-likeness (QED) is 0.641. The third-order valence-corrected chi connectivity index (χ3v) is 4.13. The Hall–Kier alpha value is -1.55. The van der Waals surface area contributed by atoms with Gasteiger partial charge in [-0.15, -0.1) is 0 Å². The van der Waals surface area contributed by atoms with Gasteiger partial charge in [0.2, 0.25) is 0 Å². The summed E-state index contributed by atoms with van der Waals surface area (Å²) in [7, 11) is 2.20. The summed E-state index contributed by atoms with van der Waals surface area (Å²) in [6, 6.07) is 6.32. The molecule has 0 saturated carbocycles. The summed E-state index contributed by atoms with van der Waals surface area (Å²) >= 11 is 0. The van der Waals surface area contributed by atoms with Gasteiger partial charge < -0.3 is 15.4 Å². The second-order valence-corrected chi connectivity index (χ2v) is 5.66. The molecule has 1 saturated heterocycles. The fourth-order valence-corrected chi connectivity index (χ4v) is 2.74. The van der Waals surface area contributed by atoms with Gasteiger partial charge in [-0.25, -0.2) is 0 Å². The molecule has 0 amide bonds. The second kappa shape index (κ2) is 6.75. The number of nitrogens with one attached hydrogen (secondary N) is 1. The van der Waals surface area contributed by atoms with E-state index in [1.54, 1.807) is 0 Å². The van der Waals surface area contributed by atoms with Crippen LogP contribution in [0.15, 0.2) is 18.2 Å². The Morgan fingerprint density at radius 3 is 2.95 bits per heavy atom. The molecule has 4 heteroatoms. The zero-order valence-corrected chi connectivity index (χ0v) is 12.5. The van der Waals surface area contributed by atoms with Crippen molar-refractivity contribution in [3.05, 3.63) is 29.3 Å². The topological polar surface area (TPSA) is 62.3 Å². The van der Waals surface area contributed by atoms with E-state index >= 15 is 0 Å². The summed E-state index contributed by atoms with van der Waals surface area (Å²) < 4.78 is 5.90. The number of ether oxygens (including phenoxy) is 1. The molecule has 1 fully saturated rings. The van der Waals surface area contributed by atoms with Crippen LogP contribution >= 0.6 is 0 Å². The van der Waals surface area contributed by atoms with Gasteiger partial charge in [0.15, 0.2) is 0 Å². The molecule has 1 aliphatic heterocycles. The average Bonchev–Trinajstić information content (AvgIpc) is 2.42. The Morgan fingerprint density at radius 2 is 2.25 bits per heavy atom. The average molecular weight is 275 g/mol. The van der Waals surface area contributed by atoms with Gasteiger partial charge in [0.1, 0.15) is 11.6 Å². The lowest BCUT2D eigenvalue weighted by Crippen LogP contribution is -2.37. The van der Waals surface area contributed by atoms with E-state index in [0.29, 0.717) is 6.04 Å². The summed E-state index contributed by atoms with van der Waals surface area (Å²) in [6.07, 6.45) is 4.97. The highest BCUT2D eigenvalue weighted by atomic mass is 16.5. The molecule has 1 aromatic carbocycles. The zero-order chi connectivity index (χ0) is 14.5. The minimum absolute atomic E-state index is 0.0851. The maximum absolute atomic E-state index is 7.48. The largest absolute Gasteiger partial charge is 0.493 e. The molecule has 0 spiro atoms. The van der Waals surface area contributed by atoms with Gasteiger partial charge in [-0.3, -0.25) is 5.41 Å². The molecule has 1 atom stereocenters. The Kier molecular flexibility index (Phi) is 5.01. The number of aryl methyl sites for hydroxylation is 1. The smallest absolute Gasteiger partial charge is 0.122 e. The Bertz CT molecular complexity index is 473. The van der Waals surface area contributed by atoms with Crippen LogP contribution in [0.2, 0.25) is 0 Å². The number of amidine groups is 1. The number of piperidine rings is 1. The van der Waals surface area contributed by atoms with E-state index in [-0.39, 0.29) is 5.84 Å². The standard InChI is InChI=1S/C16H25N3O/c1-12-6-7-13(16(17)18)11-15(12)20-10-8-14-5-3-4-9-19(14)2/h6-7,11,14H,3-5,8-10H2,1-2H3,(H3,17,18). The SMILES string of the molecule is Cc1ccc(C(=N)N)cc1OCCC1CCCCN1C. The number of benzene rings is 1. The maximum Gasteiger partial charge on any atom is 0.122 e. The van der Waals surface area contributed by atoms with Crippen LogP contribution in [0.1, 0.15) is 36.8 Å². The van der Waals surface area contributed by atoms with Crippen molar-refractivity contribution in [2.24, 2.45) is 5.73 Å². The van der Waals surface area contributed by atoms with E-state index in [0.717, 1.165) is 29.9 Å². The summed E-state index contributed by atoms with van der Waals surface area (Å²) in [4.78, 5) is 2.44. The van der Waals surface area contributed by atoms with E-state index < -0.39 is 0 Å². The molecule has 0 bridgehead atoms. The van der Waals surface area contributed by atoms with Gasteiger partial charge in [-0.1, -0.05) is 18.6 Å². The first-order valence-electron chi connectivity index (χ1n) is 7.36. The zero-order valence-electron chi connectivity index (χ0n) is 12.5. The Morgan fingerprint density at radius 1 is 1.45 bits per heavy atom. The van der Waals surface area contributed by atoms with E-state index in [4.69, 9.17) is 15.9 Å². The third-order valence-electron chi connectivity index (χ3n) is 4.13. The van der Waals surface area contributed by atoms with Crippen LogP contribution in [0.4, 0.5) is 0 Å². The van der Waals surface area contributed by atoms with Crippen LogP contribution in [0.25, 0.3) is 0 Å². The molecule has 1 unspecified atom stereocenters. The highest BCUT2D eigenvalue weighted by Crippen LogP contribution is 2.21. The molecular formula is C16H25N3O. The van der Waals surface area contributed by atoms with Gasteiger partial charge in [0.25, 0.3) is 0 Å². The summed E-state index contributed by atoms with van der Waals surface area (Å²) in [6.45, 7) is 3.94. The van der Waals surface area contributed by atoms with Crippen LogP contribution in [0.5, 0.6) is 5.75 Å². The van der Waals surface area contributed by atoms with Crippen LogP contribution in [-0.4, -0.2) is 37.0 Å². The van der Waals surface area contributed by atoms with Gasteiger partial charge in [-0.05, 0) is 51.4 Å². The highest BCUT2D eigenvalue weighted by molar-refractivity contribution is 5.95. The van der Waals surface area contributed by atoms with Crippen molar-refractivity contribution >= 4 is 5.84 Å². The molecule has 2 rings (SSSR count). The predicted molar refractivity (Wildman–Crippen MR) is 82.6 cm³/mol. The molecular weight excluding hydrogens is 250 g/mol.